The van der Waals surface area contributed by atoms with E-state index in [1.165, 1.54) is 57.5 Å². The molecule has 3 rings (SSSR count). The van der Waals surface area contributed by atoms with E-state index >= 15 is 0 Å². The van der Waals surface area contributed by atoms with Crippen LogP contribution in [0.3, 0.4) is 0 Å². The maximum Gasteiger partial charge on any atom is 0.305 e. The van der Waals surface area contributed by atoms with Gasteiger partial charge in [-0.15, -0.1) is 0 Å². The molecule has 3 amide bonds. The first kappa shape index (κ1) is 31.1. The number of anilines is 2. The van der Waals surface area contributed by atoms with Crippen LogP contribution in [0.5, 0.6) is 11.5 Å². The predicted molar refractivity (Wildman–Crippen MR) is 147 cm³/mol. The van der Waals surface area contributed by atoms with E-state index in [1.807, 2.05) is 0 Å². The van der Waals surface area contributed by atoms with Crippen LogP contribution in [0, 0.1) is 11.3 Å². The lowest BCUT2D eigenvalue weighted by Gasteiger charge is -2.25. The highest BCUT2D eigenvalue weighted by Gasteiger charge is 2.42. The molecule has 1 aliphatic heterocycles. The molecule has 1 aliphatic rings. The molecule has 0 spiro atoms. The summed E-state index contributed by atoms with van der Waals surface area (Å²) in [6, 6.07) is 8.99. The molecule has 0 aromatic heterocycles. The second kappa shape index (κ2) is 13.3. The fourth-order valence-corrected chi connectivity index (χ4v) is 4.45. The summed E-state index contributed by atoms with van der Waals surface area (Å²) in [6.45, 7) is -0.0461. The van der Waals surface area contributed by atoms with Crippen LogP contribution in [0.2, 0.25) is 0 Å². The minimum absolute atomic E-state index is 0.00477. The lowest BCUT2D eigenvalue weighted by atomic mass is 9.92. The SMILES string of the molecule is COc1cccc(OC)c1C(=O)C(=O)C(=N)C1CN(C(C)=O)c2ccccc2N(CC(=O)N[C@H](C=O)CC(=O)O)C1=O. The van der Waals surface area contributed by atoms with Crippen molar-refractivity contribution in [3.63, 3.8) is 0 Å². The van der Waals surface area contributed by atoms with Gasteiger partial charge in [0.2, 0.25) is 29.3 Å². The monoisotopic (exact) mass is 580 g/mol. The zero-order chi connectivity index (χ0) is 31.1. The van der Waals surface area contributed by atoms with E-state index in [-0.39, 0.29) is 34.7 Å². The van der Waals surface area contributed by atoms with Crippen molar-refractivity contribution in [3.8, 4) is 11.5 Å². The number of benzene rings is 2. The number of ketones is 2. The number of para-hydroxylation sites is 2. The number of amides is 3. The van der Waals surface area contributed by atoms with E-state index in [0.717, 1.165) is 9.80 Å². The molecule has 2 aromatic rings. The van der Waals surface area contributed by atoms with Gasteiger partial charge in [0.15, 0.2) is 0 Å². The van der Waals surface area contributed by atoms with Crippen molar-refractivity contribution < 1.29 is 48.1 Å². The number of carboxylic acid groups (broad SMARTS) is 1. The van der Waals surface area contributed by atoms with E-state index in [2.05, 4.69) is 5.32 Å². The van der Waals surface area contributed by atoms with Gasteiger partial charge >= 0.3 is 5.97 Å². The van der Waals surface area contributed by atoms with Crippen LogP contribution in [0.15, 0.2) is 42.5 Å². The van der Waals surface area contributed by atoms with Gasteiger partial charge in [0.1, 0.15) is 35.8 Å². The number of nitrogens with one attached hydrogen (secondary N) is 2. The molecule has 220 valence electrons. The smallest absolute Gasteiger partial charge is 0.305 e. The van der Waals surface area contributed by atoms with Crippen LogP contribution in [0.1, 0.15) is 23.7 Å². The predicted octanol–water partition coefficient (Wildman–Crippen LogP) is 0.650. The van der Waals surface area contributed by atoms with E-state index in [1.54, 1.807) is 6.07 Å². The Kier molecular flexibility index (Phi) is 9.86. The maximum absolute atomic E-state index is 13.9. The Morgan fingerprint density at radius 1 is 1.05 bits per heavy atom. The highest BCUT2D eigenvalue weighted by atomic mass is 16.5. The zero-order valence-electron chi connectivity index (χ0n) is 22.9. The number of aliphatic carboxylic acids is 1. The number of rotatable bonds is 12. The summed E-state index contributed by atoms with van der Waals surface area (Å²) >= 11 is 0. The summed E-state index contributed by atoms with van der Waals surface area (Å²) in [5, 5.41) is 19.8. The van der Waals surface area contributed by atoms with Gasteiger partial charge in [-0.25, -0.2) is 0 Å². The van der Waals surface area contributed by atoms with Crippen molar-refractivity contribution in [1.82, 2.24) is 5.32 Å². The Hall–Kier alpha value is -5.40. The number of carboxylic acids is 1. The second-order valence-electron chi connectivity index (χ2n) is 9.11. The lowest BCUT2D eigenvalue weighted by Crippen LogP contribution is -2.50. The molecule has 1 heterocycles. The third-order valence-corrected chi connectivity index (χ3v) is 6.43. The molecule has 2 atom stereocenters. The number of carbonyl (C=O) groups excluding carboxylic acids is 6. The largest absolute Gasteiger partial charge is 0.496 e. The molecule has 1 unspecified atom stereocenters. The Bertz CT molecular complexity index is 1450. The summed E-state index contributed by atoms with van der Waals surface area (Å²) in [4.78, 5) is 90.4. The summed E-state index contributed by atoms with van der Waals surface area (Å²) in [6.07, 6.45) is -0.467. The number of Topliss-reactive ketones (excluding diaryl/α,β-unsaturated/α-hetero) is 2. The molecule has 3 N–H and O–H groups in total. The van der Waals surface area contributed by atoms with Gasteiger partial charge in [0.25, 0.3) is 0 Å². The minimum atomic E-state index is -1.69. The van der Waals surface area contributed by atoms with Crippen LogP contribution in [0.25, 0.3) is 0 Å². The average Bonchev–Trinajstić information content (AvgIpc) is 3.09. The van der Waals surface area contributed by atoms with Crippen LogP contribution >= 0.6 is 0 Å². The quantitative estimate of drug-likeness (QED) is 0.139. The molecule has 2 aromatic carbocycles. The number of ether oxygens (including phenoxy) is 2. The Labute approximate surface area is 239 Å². The molecular weight excluding hydrogens is 552 g/mol. The number of nitrogens with zero attached hydrogens (tertiary/aromatic N) is 2. The Morgan fingerprint density at radius 2 is 1.64 bits per heavy atom. The Morgan fingerprint density at radius 3 is 2.17 bits per heavy atom. The second-order valence-corrected chi connectivity index (χ2v) is 9.11. The summed E-state index contributed by atoms with van der Waals surface area (Å²) in [7, 11) is 2.54. The van der Waals surface area contributed by atoms with Crippen molar-refractivity contribution in [3.05, 3.63) is 48.0 Å². The van der Waals surface area contributed by atoms with Gasteiger partial charge in [0.05, 0.1) is 43.8 Å². The van der Waals surface area contributed by atoms with Crippen LogP contribution in [-0.2, 0) is 28.8 Å². The molecule has 14 heteroatoms. The molecule has 0 saturated heterocycles. The number of hydrogen-bond acceptors (Lipinski definition) is 10. The number of methoxy groups -OCH3 is 2. The van der Waals surface area contributed by atoms with Gasteiger partial charge < -0.3 is 39.9 Å². The fourth-order valence-electron chi connectivity index (χ4n) is 4.45. The molecular formula is C28H28N4O10. The molecule has 0 aliphatic carbocycles. The first-order valence-electron chi connectivity index (χ1n) is 12.5. The third-order valence-electron chi connectivity index (χ3n) is 6.43. The van der Waals surface area contributed by atoms with Gasteiger partial charge in [-0.05, 0) is 24.3 Å². The summed E-state index contributed by atoms with van der Waals surface area (Å²) < 4.78 is 10.4. The molecule has 14 nitrogen and oxygen atoms in total. The Balaban J connectivity index is 2.03. The maximum atomic E-state index is 13.9. The van der Waals surface area contributed by atoms with E-state index in [4.69, 9.17) is 20.0 Å². The first-order valence-corrected chi connectivity index (χ1v) is 12.5. The van der Waals surface area contributed by atoms with Crippen molar-refractivity contribution in [1.29, 1.82) is 5.41 Å². The van der Waals surface area contributed by atoms with Crippen molar-refractivity contribution >= 4 is 58.6 Å². The van der Waals surface area contributed by atoms with Crippen molar-refractivity contribution in [2.45, 2.75) is 19.4 Å². The van der Waals surface area contributed by atoms with Gasteiger partial charge in [-0.2, -0.15) is 0 Å². The van der Waals surface area contributed by atoms with Crippen LogP contribution in [0.4, 0.5) is 11.4 Å². The highest BCUT2D eigenvalue weighted by molar-refractivity contribution is 6.69. The normalized spacial score (nSPS) is 15.0. The van der Waals surface area contributed by atoms with Crippen molar-refractivity contribution in [2.24, 2.45) is 5.92 Å². The van der Waals surface area contributed by atoms with Crippen LogP contribution in [-0.4, -0.2) is 85.7 Å². The molecule has 0 fully saturated rings. The summed E-state index contributed by atoms with van der Waals surface area (Å²) in [5.41, 5.74) is -0.947. The summed E-state index contributed by atoms with van der Waals surface area (Å²) in [5.74, 6) is -8.02. The van der Waals surface area contributed by atoms with Gasteiger partial charge in [-0.1, -0.05) is 18.2 Å². The first-order chi connectivity index (χ1) is 19.9. The van der Waals surface area contributed by atoms with Crippen molar-refractivity contribution in [2.75, 3.05) is 37.1 Å². The number of aldehydes is 1. The third kappa shape index (κ3) is 6.49. The topological polar surface area (TPSA) is 201 Å². The molecule has 0 radical (unpaired) electrons. The molecule has 0 saturated carbocycles. The van der Waals surface area contributed by atoms with E-state index < -0.39 is 72.4 Å². The number of carbonyl (C=O) groups is 7. The average molecular weight is 581 g/mol. The zero-order valence-corrected chi connectivity index (χ0v) is 22.9. The fraction of sp³-hybridized carbons (Fsp3) is 0.286. The van der Waals surface area contributed by atoms with Gasteiger partial charge in [0, 0.05) is 13.5 Å². The number of hydrogen-bond donors (Lipinski definition) is 3. The van der Waals surface area contributed by atoms with Crippen LogP contribution < -0.4 is 24.6 Å². The molecule has 42 heavy (non-hydrogen) atoms. The van der Waals surface area contributed by atoms with E-state index in [9.17, 15) is 33.6 Å². The van der Waals surface area contributed by atoms with E-state index in [0.29, 0.717) is 0 Å². The number of fused-ring (bicyclic) bond motifs is 1. The minimum Gasteiger partial charge on any atom is -0.496 e. The lowest BCUT2D eigenvalue weighted by molar-refractivity contribution is -0.139. The highest BCUT2D eigenvalue weighted by Crippen LogP contribution is 2.35. The molecule has 0 bridgehead atoms. The standard InChI is InChI=1S/C28H28N4O10/c1-15(34)31-12-17(25(29)27(39)26(38)24-20(41-2)9-6-10-21(24)42-3)28(40)32(19-8-5-4-7-18(19)31)13-22(35)30-16(14-33)11-23(36)37/h4-10,14,16-17,29H,11-13H2,1-3H3,(H,30,35)(H,36,37)/t16-,17?/m0/s1. The van der Waals surface area contributed by atoms with Gasteiger partial charge in [-0.3, -0.25) is 28.8 Å².